The molecule has 0 fully saturated rings. The molecule has 1 N–H and O–H groups in total. The highest BCUT2D eigenvalue weighted by atomic mass is 35.5. The Morgan fingerprint density at radius 3 is 3.00 bits per heavy atom. The van der Waals surface area contributed by atoms with Crippen LogP contribution in [0.2, 0.25) is 0 Å². The summed E-state index contributed by atoms with van der Waals surface area (Å²) in [6, 6.07) is 3.36. The fourth-order valence-corrected chi connectivity index (χ4v) is 1.36. The molecular weight excluding hydrogens is 263 g/mol. The van der Waals surface area contributed by atoms with Gasteiger partial charge in [-0.3, -0.25) is 9.78 Å². The van der Waals surface area contributed by atoms with Crippen molar-refractivity contribution in [2.75, 3.05) is 20.3 Å². The number of aromatic nitrogens is 1. The van der Waals surface area contributed by atoms with E-state index >= 15 is 0 Å². The first kappa shape index (κ1) is 16.2. The second kappa shape index (κ2) is 9.22. The number of pyridine rings is 1. The molecule has 1 aromatic rings. The minimum atomic E-state index is -0.107. The third-order valence-corrected chi connectivity index (χ3v) is 2.30. The maximum absolute atomic E-state index is 11.7. The molecule has 6 heteroatoms. The normalized spacial score (nSPS) is 9.53. The second-order valence-corrected chi connectivity index (χ2v) is 3.54. The predicted octanol–water partition coefficient (Wildman–Crippen LogP) is 2.01. The van der Waals surface area contributed by atoms with Crippen molar-refractivity contribution in [1.29, 1.82) is 0 Å². The molecule has 0 spiro atoms. The summed E-state index contributed by atoms with van der Waals surface area (Å²) in [4.78, 5) is 15.7. The second-order valence-electron chi connectivity index (χ2n) is 3.27. The van der Waals surface area contributed by atoms with Gasteiger partial charge in [-0.15, -0.1) is 24.0 Å². The Labute approximate surface area is 112 Å². The van der Waals surface area contributed by atoms with Crippen molar-refractivity contribution in [3.63, 3.8) is 0 Å². The van der Waals surface area contributed by atoms with Crippen LogP contribution in [-0.4, -0.2) is 31.2 Å². The van der Waals surface area contributed by atoms with Gasteiger partial charge in [-0.1, -0.05) is 0 Å². The minimum Gasteiger partial charge on any atom is -0.385 e. The Bertz CT molecular complexity index is 348. The maximum Gasteiger partial charge on any atom is 0.251 e. The summed E-state index contributed by atoms with van der Waals surface area (Å²) < 4.78 is 4.89. The average molecular weight is 279 g/mol. The van der Waals surface area contributed by atoms with Crippen LogP contribution in [0, 0.1) is 0 Å². The lowest BCUT2D eigenvalue weighted by molar-refractivity contribution is 0.0948. The van der Waals surface area contributed by atoms with E-state index in [9.17, 15) is 4.79 Å². The Hall–Kier alpha value is -0.840. The number of methoxy groups -OCH3 is 1. The smallest absolute Gasteiger partial charge is 0.251 e. The standard InChI is InChI=1S/C11H15ClN2O2.ClH/c1-16-6-2-4-14-11(15)9-3-5-13-10(7-9)8-12;/h3,5,7H,2,4,6,8H2,1H3,(H,14,15);1H. The van der Waals surface area contributed by atoms with E-state index in [2.05, 4.69) is 10.3 Å². The third kappa shape index (κ3) is 5.86. The monoisotopic (exact) mass is 278 g/mol. The molecule has 1 rings (SSSR count). The van der Waals surface area contributed by atoms with E-state index in [0.717, 1.165) is 6.42 Å². The number of carbonyl (C=O) groups excluding carboxylic acids is 1. The number of alkyl halides is 1. The van der Waals surface area contributed by atoms with Gasteiger partial charge >= 0.3 is 0 Å². The highest BCUT2D eigenvalue weighted by molar-refractivity contribution is 6.16. The fraction of sp³-hybridized carbons (Fsp3) is 0.455. The largest absolute Gasteiger partial charge is 0.385 e. The zero-order valence-corrected chi connectivity index (χ0v) is 11.2. The Kier molecular flexibility index (Phi) is 8.76. The molecule has 0 unspecified atom stereocenters. The first-order valence-corrected chi connectivity index (χ1v) is 5.59. The molecule has 0 bridgehead atoms. The van der Waals surface area contributed by atoms with E-state index in [4.69, 9.17) is 16.3 Å². The molecule has 17 heavy (non-hydrogen) atoms. The van der Waals surface area contributed by atoms with Crippen molar-refractivity contribution in [2.24, 2.45) is 0 Å². The number of rotatable bonds is 6. The highest BCUT2D eigenvalue weighted by Gasteiger charge is 2.05. The number of nitrogens with one attached hydrogen (secondary N) is 1. The van der Waals surface area contributed by atoms with Gasteiger partial charge in [-0.2, -0.15) is 0 Å². The molecule has 0 saturated heterocycles. The molecule has 1 aromatic heterocycles. The summed E-state index contributed by atoms with van der Waals surface area (Å²) in [6.07, 6.45) is 2.39. The van der Waals surface area contributed by atoms with Crippen molar-refractivity contribution >= 4 is 29.9 Å². The summed E-state index contributed by atoms with van der Waals surface area (Å²) in [6.45, 7) is 1.24. The molecule has 1 heterocycles. The number of halogens is 2. The van der Waals surface area contributed by atoms with E-state index in [0.29, 0.717) is 30.3 Å². The number of hydrogen-bond acceptors (Lipinski definition) is 3. The lowest BCUT2D eigenvalue weighted by atomic mass is 10.2. The van der Waals surface area contributed by atoms with Gasteiger partial charge in [0.25, 0.3) is 5.91 Å². The highest BCUT2D eigenvalue weighted by Crippen LogP contribution is 2.04. The SMILES string of the molecule is COCCCNC(=O)c1ccnc(CCl)c1.Cl. The van der Waals surface area contributed by atoms with E-state index < -0.39 is 0 Å². The minimum absolute atomic E-state index is 0. The van der Waals surface area contributed by atoms with Crippen LogP contribution in [0.1, 0.15) is 22.5 Å². The maximum atomic E-state index is 11.7. The lowest BCUT2D eigenvalue weighted by Gasteiger charge is -2.05. The zero-order valence-electron chi connectivity index (χ0n) is 9.61. The van der Waals surface area contributed by atoms with Crippen LogP contribution in [0.4, 0.5) is 0 Å². The van der Waals surface area contributed by atoms with Crippen molar-refractivity contribution < 1.29 is 9.53 Å². The van der Waals surface area contributed by atoms with E-state index in [1.165, 1.54) is 0 Å². The molecule has 0 aromatic carbocycles. The van der Waals surface area contributed by atoms with Gasteiger partial charge in [-0.25, -0.2) is 0 Å². The molecule has 96 valence electrons. The number of hydrogen-bond donors (Lipinski definition) is 1. The molecule has 4 nitrogen and oxygen atoms in total. The average Bonchev–Trinajstić information content (AvgIpc) is 2.34. The van der Waals surface area contributed by atoms with Gasteiger partial charge in [0.15, 0.2) is 0 Å². The summed E-state index contributed by atoms with van der Waals surface area (Å²) in [5.74, 6) is 0.204. The van der Waals surface area contributed by atoms with Gasteiger partial charge in [-0.05, 0) is 18.6 Å². The Balaban J connectivity index is 0.00000256. The van der Waals surface area contributed by atoms with Crippen LogP contribution in [0.25, 0.3) is 0 Å². The summed E-state index contributed by atoms with van der Waals surface area (Å²) in [5.41, 5.74) is 1.29. The van der Waals surface area contributed by atoms with Crippen LogP contribution in [-0.2, 0) is 10.6 Å². The molecule has 0 aliphatic rings. The van der Waals surface area contributed by atoms with Crippen LogP contribution in [0.3, 0.4) is 0 Å². The van der Waals surface area contributed by atoms with Crippen LogP contribution in [0.5, 0.6) is 0 Å². The fourth-order valence-electron chi connectivity index (χ4n) is 1.21. The quantitative estimate of drug-likeness (QED) is 0.640. The molecule has 0 radical (unpaired) electrons. The van der Waals surface area contributed by atoms with E-state index in [1.54, 1.807) is 25.4 Å². The Morgan fingerprint density at radius 1 is 1.59 bits per heavy atom. The van der Waals surface area contributed by atoms with Gasteiger partial charge < -0.3 is 10.1 Å². The summed E-state index contributed by atoms with van der Waals surface area (Å²) in [7, 11) is 1.64. The first-order chi connectivity index (χ1) is 7.77. The van der Waals surface area contributed by atoms with E-state index in [1.807, 2.05) is 0 Å². The summed E-state index contributed by atoms with van der Waals surface area (Å²) in [5, 5.41) is 2.80. The van der Waals surface area contributed by atoms with Crippen LogP contribution < -0.4 is 5.32 Å². The molecule has 1 amide bonds. The van der Waals surface area contributed by atoms with Crippen LogP contribution >= 0.6 is 24.0 Å². The summed E-state index contributed by atoms with van der Waals surface area (Å²) >= 11 is 5.64. The zero-order chi connectivity index (χ0) is 11.8. The predicted molar refractivity (Wildman–Crippen MR) is 69.9 cm³/mol. The molecule has 0 atom stereocenters. The topological polar surface area (TPSA) is 51.2 Å². The van der Waals surface area contributed by atoms with E-state index in [-0.39, 0.29) is 18.3 Å². The first-order valence-electron chi connectivity index (χ1n) is 5.06. The lowest BCUT2D eigenvalue weighted by Crippen LogP contribution is -2.25. The number of nitrogens with zero attached hydrogens (tertiary/aromatic N) is 1. The number of carbonyl (C=O) groups is 1. The molecular formula is C11H16Cl2N2O2. The van der Waals surface area contributed by atoms with Gasteiger partial charge in [0, 0.05) is 32.0 Å². The third-order valence-electron chi connectivity index (χ3n) is 2.03. The van der Waals surface area contributed by atoms with Crippen molar-refractivity contribution in [3.8, 4) is 0 Å². The van der Waals surface area contributed by atoms with Gasteiger partial charge in [0.1, 0.15) is 0 Å². The van der Waals surface area contributed by atoms with Gasteiger partial charge in [0.2, 0.25) is 0 Å². The number of amides is 1. The molecule has 0 aliphatic carbocycles. The van der Waals surface area contributed by atoms with Crippen molar-refractivity contribution in [1.82, 2.24) is 10.3 Å². The van der Waals surface area contributed by atoms with Crippen molar-refractivity contribution in [3.05, 3.63) is 29.6 Å². The van der Waals surface area contributed by atoms with Crippen molar-refractivity contribution in [2.45, 2.75) is 12.3 Å². The molecule has 0 aliphatic heterocycles. The molecule has 0 saturated carbocycles. The van der Waals surface area contributed by atoms with Gasteiger partial charge in [0.05, 0.1) is 11.6 Å². The van der Waals surface area contributed by atoms with Crippen LogP contribution in [0.15, 0.2) is 18.3 Å². The number of ether oxygens (including phenoxy) is 1. The Morgan fingerprint density at radius 2 is 2.35 bits per heavy atom.